The Kier molecular flexibility index (Phi) is 4.03. The van der Waals surface area contributed by atoms with Crippen LogP contribution >= 0.6 is 0 Å². The van der Waals surface area contributed by atoms with Gasteiger partial charge in [-0.1, -0.05) is 63.2 Å². The standard InChI is InChI=1S/C17H22O/c1-12(2)13(3)17(18)11-14-8-9-15-6-4-5-7-16(15)10-14/h4-10,12-13,17-18H,11H2,1-3H3. The van der Waals surface area contributed by atoms with Gasteiger partial charge in [0.1, 0.15) is 0 Å². The average molecular weight is 242 g/mol. The van der Waals surface area contributed by atoms with Gasteiger partial charge in [0.15, 0.2) is 0 Å². The SMILES string of the molecule is CC(C)C(C)C(O)Cc1ccc2ccccc2c1. The van der Waals surface area contributed by atoms with Gasteiger partial charge in [-0.05, 0) is 34.6 Å². The van der Waals surface area contributed by atoms with Gasteiger partial charge in [0, 0.05) is 0 Å². The molecule has 0 aliphatic rings. The van der Waals surface area contributed by atoms with Crippen LogP contribution in [0.25, 0.3) is 10.8 Å². The first-order chi connectivity index (χ1) is 8.58. The van der Waals surface area contributed by atoms with Crippen molar-refractivity contribution in [3.63, 3.8) is 0 Å². The number of aliphatic hydroxyl groups excluding tert-OH is 1. The number of hydrogen-bond acceptors (Lipinski definition) is 1. The van der Waals surface area contributed by atoms with Crippen LogP contribution < -0.4 is 0 Å². The molecule has 0 saturated heterocycles. The van der Waals surface area contributed by atoms with E-state index in [4.69, 9.17) is 0 Å². The molecule has 0 spiro atoms. The predicted octanol–water partition coefficient (Wildman–Crippen LogP) is 4.04. The highest BCUT2D eigenvalue weighted by molar-refractivity contribution is 5.82. The molecule has 0 amide bonds. The van der Waals surface area contributed by atoms with Gasteiger partial charge in [0.25, 0.3) is 0 Å². The van der Waals surface area contributed by atoms with Gasteiger partial charge in [-0.25, -0.2) is 0 Å². The predicted molar refractivity (Wildman–Crippen MR) is 77.7 cm³/mol. The zero-order chi connectivity index (χ0) is 13.1. The highest BCUT2D eigenvalue weighted by Gasteiger charge is 2.17. The minimum Gasteiger partial charge on any atom is -0.392 e. The molecule has 2 unspecified atom stereocenters. The lowest BCUT2D eigenvalue weighted by Gasteiger charge is -2.22. The van der Waals surface area contributed by atoms with Crippen LogP contribution in [0.15, 0.2) is 42.5 Å². The molecular weight excluding hydrogens is 220 g/mol. The van der Waals surface area contributed by atoms with Crippen molar-refractivity contribution in [1.29, 1.82) is 0 Å². The minimum absolute atomic E-state index is 0.258. The molecular formula is C17H22O. The summed E-state index contributed by atoms with van der Waals surface area (Å²) in [5, 5.41) is 12.7. The number of fused-ring (bicyclic) bond motifs is 1. The second-order valence-corrected chi connectivity index (χ2v) is 5.56. The topological polar surface area (TPSA) is 20.2 Å². The van der Waals surface area contributed by atoms with Crippen molar-refractivity contribution in [3.05, 3.63) is 48.0 Å². The van der Waals surface area contributed by atoms with Gasteiger partial charge in [0.05, 0.1) is 6.10 Å². The van der Waals surface area contributed by atoms with Crippen molar-refractivity contribution in [2.45, 2.75) is 33.3 Å². The summed E-state index contributed by atoms with van der Waals surface area (Å²) >= 11 is 0. The lowest BCUT2D eigenvalue weighted by Crippen LogP contribution is -2.24. The Bertz CT molecular complexity index is 516. The minimum atomic E-state index is -0.258. The highest BCUT2D eigenvalue weighted by Crippen LogP contribution is 2.21. The second kappa shape index (κ2) is 5.53. The van der Waals surface area contributed by atoms with Crippen LogP contribution in [0.3, 0.4) is 0 Å². The molecule has 2 aromatic carbocycles. The van der Waals surface area contributed by atoms with E-state index in [1.807, 2.05) is 0 Å². The molecule has 1 N–H and O–H groups in total. The molecule has 18 heavy (non-hydrogen) atoms. The van der Waals surface area contributed by atoms with E-state index < -0.39 is 0 Å². The van der Waals surface area contributed by atoms with E-state index in [1.165, 1.54) is 16.3 Å². The Balaban J connectivity index is 2.17. The lowest BCUT2D eigenvalue weighted by atomic mass is 9.88. The quantitative estimate of drug-likeness (QED) is 0.858. The molecule has 2 aromatic rings. The molecule has 0 bridgehead atoms. The highest BCUT2D eigenvalue weighted by atomic mass is 16.3. The van der Waals surface area contributed by atoms with E-state index in [9.17, 15) is 5.11 Å². The molecule has 0 aliphatic carbocycles. The third-order valence-corrected chi connectivity index (χ3v) is 3.92. The van der Waals surface area contributed by atoms with Crippen molar-refractivity contribution in [1.82, 2.24) is 0 Å². The van der Waals surface area contributed by atoms with E-state index in [2.05, 4.69) is 63.2 Å². The Labute approximate surface area is 109 Å². The fraction of sp³-hybridized carbons (Fsp3) is 0.412. The molecule has 0 radical (unpaired) electrons. The van der Waals surface area contributed by atoms with Crippen molar-refractivity contribution < 1.29 is 5.11 Å². The van der Waals surface area contributed by atoms with E-state index >= 15 is 0 Å². The third-order valence-electron chi connectivity index (χ3n) is 3.92. The van der Waals surface area contributed by atoms with E-state index in [1.54, 1.807) is 0 Å². The van der Waals surface area contributed by atoms with Gasteiger partial charge in [-0.15, -0.1) is 0 Å². The fourth-order valence-electron chi connectivity index (χ4n) is 2.24. The zero-order valence-electron chi connectivity index (χ0n) is 11.4. The van der Waals surface area contributed by atoms with Crippen molar-refractivity contribution in [3.8, 4) is 0 Å². The summed E-state index contributed by atoms with van der Waals surface area (Å²) in [4.78, 5) is 0. The van der Waals surface area contributed by atoms with E-state index in [0.29, 0.717) is 11.8 Å². The summed E-state index contributed by atoms with van der Waals surface area (Å²) in [7, 11) is 0. The maximum absolute atomic E-state index is 10.2. The van der Waals surface area contributed by atoms with Crippen LogP contribution in [0, 0.1) is 11.8 Å². The molecule has 1 heteroatoms. The second-order valence-electron chi connectivity index (χ2n) is 5.56. The molecule has 0 saturated carbocycles. The van der Waals surface area contributed by atoms with E-state index in [0.717, 1.165) is 6.42 Å². The van der Waals surface area contributed by atoms with Gasteiger partial charge >= 0.3 is 0 Å². The summed E-state index contributed by atoms with van der Waals surface area (Å²) in [6.45, 7) is 6.44. The van der Waals surface area contributed by atoms with Gasteiger partial charge in [0.2, 0.25) is 0 Å². The monoisotopic (exact) mass is 242 g/mol. The Hall–Kier alpha value is -1.34. The third kappa shape index (κ3) is 2.91. The molecule has 0 fully saturated rings. The van der Waals surface area contributed by atoms with Crippen LogP contribution in [0.1, 0.15) is 26.3 Å². The Morgan fingerprint density at radius 2 is 1.61 bits per heavy atom. The van der Waals surface area contributed by atoms with Gasteiger partial charge in [-0.2, -0.15) is 0 Å². The number of benzene rings is 2. The summed E-state index contributed by atoms with van der Waals surface area (Å²) in [5.74, 6) is 0.844. The summed E-state index contributed by atoms with van der Waals surface area (Å²) in [5.41, 5.74) is 1.22. The van der Waals surface area contributed by atoms with Crippen LogP contribution in [0.5, 0.6) is 0 Å². The number of rotatable bonds is 4. The smallest absolute Gasteiger partial charge is 0.0608 e. The maximum atomic E-state index is 10.2. The lowest BCUT2D eigenvalue weighted by molar-refractivity contribution is 0.0922. The Morgan fingerprint density at radius 3 is 2.28 bits per heavy atom. The summed E-state index contributed by atoms with van der Waals surface area (Å²) < 4.78 is 0. The molecule has 2 rings (SSSR count). The van der Waals surface area contributed by atoms with Crippen LogP contribution in [-0.2, 0) is 6.42 Å². The number of hydrogen-bond donors (Lipinski definition) is 1. The number of aliphatic hydroxyl groups is 1. The summed E-state index contributed by atoms with van der Waals surface area (Å²) in [6, 6.07) is 14.8. The molecule has 0 aliphatic heterocycles. The van der Waals surface area contributed by atoms with E-state index in [-0.39, 0.29) is 6.10 Å². The average Bonchev–Trinajstić information content (AvgIpc) is 2.37. The first-order valence-electron chi connectivity index (χ1n) is 6.73. The maximum Gasteiger partial charge on any atom is 0.0608 e. The van der Waals surface area contributed by atoms with Crippen molar-refractivity contribution in [2.24, 2.45) is 11.8 Å². The Morgan fingerprint density at radius 1 is 0.944 bits per heavy atom. The van der Waals surface area contributed by atoms with Gasteiger partial charge < -0.3 is 5.11 Å². The molecule has 0 heterocycles. The first kappa shape index (κ1) is 13.1. The molecule has 2 atom stereocenters. The first-order valence-corrected chi connectivity index (χ1v) is 6.73. The van der Waals surface area contributed by atoms with Crippen molar-refractivity contribution in [2.75, 3.05) is 0 Å². The van der Waals surface area contributed by atoms with Gasteiger partial charge in [-0.3, -0.25) is 0 Å². The molecule has 1 nitrogen and oxygen atoms in total. The van der Waals surface area contributed by atoms with Crippen molar-refractivity contribution >= 4 is 10.8 Å². The fourth-order valence-corrected chi connectivity index (χ4v) is 2.24. The zero-order valence-corrected chi connectivity index (χ0v) is 11.4. The molecule has 96 valence electrons. The van der Waals surface area contributed by atoms with Crippen LogP contribution in [-0.4, -0.2) is 11.2 Å². The normalized spacial score (nSPS) is 14.9. The largest absolute Gasteiger partial charge is 0.392 e. The summed E-state index contributed by atoms with van der Waals surface area (Å²) in [6.07, 6.45) is 0.482. The molecule has 0 aromatic heterocycles. The van der Waals surface area contributed by atoms with Crippen LogP contribution in [0.2, 0.25) is 0 Å². The van der Waals surface area contributed by atoms with Crippen LogP contribution in [0.4, 0.5) is 0 Å².